The minimum Gasteiger partial charge on any atom is -0.497 e. The molecule has 3 rings (SSSR count). The Morgan fingerprint density at radius 2 is 1.35 bits per heavy atom. The van der Waals surface area contributed by atoms with Gasteiger partial charge in [0.05, 0.1) is 24.2 Å². The van der Waals surface area contributed by atoms with Crippen molar-refractivity contribution < 1.29 is 27.5 Å². The van der Waals surface area contributed by atoms with Crippen LogP contribution in [-0.2, 0) is 14.8 Å². The molecule has 1 aliphatic heterocycles. The van der Waals surface area contributed by atoms with Crippen LogP contribution in [0.3, 0.4) is 0 Å². The molecule has 2 atom stereocenters. The van der Waals surface area contributed by atoms with Gasteiger partial charge >= 0.3 is 0 Å². The summed E-state index contributed by atoms with van der Waals surface area (Å²) in [5.41, 5.74) is 5.18. The monoisotopic (exact) mass is 447 g/mol. The van der Waals surface area contributed by atoms with Crippen LogP contribution in [0, 0.1) is 0 Å². The van der Waals surface area contributed by atoms with E-state index in [1.807, 2.05) is 13.8 Å². The number of ether oxygens (including phenoxy) is 2. The number of carbonyl (C=O) groups is 2. The molecule has 1 fully saturated rings. The maximum atomic E-state index is 12.9. The van der Waals surface area contributed by atoms with E-state index in [1.54, 1.807) is 24.3 Å². The zero-order chi connectivity index (χ0) is 22.6. The van der Waals surface area contributed by atoms with E-state index in [0.717, 1.165) is 0 Å². The number of nitrogens with one attached hydrogen (secondary N) is 2. The number of amides is 2. The first kappa shape index (κ1) is 22.7. The van der Waals surface area contributed by atoms with E-state index in [-0.39, 0.29) is 35.8 Å². The number of carbonyl (C=O) groups excluding carboxylic acids is 2. The van der Waals surface area contributed by atoms with Gasteiger partial charge in [0.25, 0.3) is 11.8 Å². The molecule has 2 N–H and O–H groups in total. The second kappa shape index (κ2) is 9.46. The lowest BCUT2D eigenvalue weighted by Crippen LogP contribution is -2.48. The van der Waals surface area contributed by atoms with E-state index in [0.29, 0.717) is 11.3 Å². The number of hydrazine groups is 1. The number of rotatable bonds is 5. The Morgan fingerprint density at radius 1 is 0.903 bits per heavy atom. The third-order valence-electron chi connectivity index (χ3n) is 4.78. The first-order chi connectivity index (χ1) is 14.7. The Kier molecular flexibility index (Phi) is 6.94. The van der Waals surface area contributed by atoms with Gasteiger partial charge in [-0.05, 0) is 62.4 Å². The predicted octanol–water partition coefficient (Wildman–Crippen LogP) is 1.57. The Morgan fingerprint density at radius 3 is 1.81 bits per heavy atom. The van der Waals surface area contributed by atoms with Crippen LogP contribution in [0.4, 0.5) is 0 Å². The second-order valence-electron chi connectivity index (χ2n) is 7.24. The van der Waals surface area contributed by atoms with Crippen molar-refractivity contribution in [3.05, 3.63) is 59.7 Å². The van der Waals surface area contributed by atoms with E-state index >= 15 is 0 Å². The molecule has 10 heteroatoms. The first-order valence-corrected chi connectivity index (χ1v) is 11.1. The van der Waals surface area contributed by atoms with Gasteiger partial charge in [0.2, 0.25) is 10.0 Å². The Hall–Kier alpha value is -2.95. The highest BCUT2D eigenvalue weighted by Crippen LogP contribution is 2.21. The normalized spacial score (nSPS) is 19.5. The van der Waals surface area contributed by atoms with Gasteiger partial charge in [0.15, 0.2) is 0 Å². The van der Waals surface area contributed by atoms with Crippen LogP contribution in [0.25, 0.3) is 0 Å². The summed E-state index contributed by atoms with van der Waals surface area (Å²) in [6.07, 6.45) is -0.393. The number of sulfonamides is 1. The van der Waals surface area contributed by atoms with Crippen molar-refractivity contribution in [3.8, 4) is 5.75 Å². The van der Waals surface area contributed by atoms with Crippen molar-refractivity contribution in [1.82, 2.24) is 15.2 Å². The van der Waals surface area contributed by atoms with Crippen molar-refractivity contribution in [2.24, 2.45) is 0 Å². The predicted molar refractivity (Wildman–Crippen MR) is 113 cm³/mol. The summed E-state index contributed by atoms with van der Waals surface area (Å²) in [6, 6.07) is 11.9. The summed E-state index contributed by atoms with van der Waals surface area (Å²) in [4.78, 5) is 24.5. The molecule has 2 aromatic carbocycles. The van der Waals surface area contributed by atoms with Crippen LogP contribution >= 0.6 is 0 Å². The van der Waals surface area contributed by atoms with Crippen molar-refractivity contribution in [3.63, 3.8) is 0 Å². The molecule has 166 valence electrons. The molecule has 1 aliphatic rings. The molecule has 1 saturated heterocycles. The molecule has 2 amide bonds. The summed E-state index contributed by atoms with van der Waals surface area (Å²) in [6.45, 7) is 4.19. The van der Waals surface area contributed by atoms with Gasteiger partial charge in [0, 0.05) is 24.2 Å². The minimum absolute atomic E-state index is 0.0904. The van der Waals surface area contributed by atoms with Crippen LogP contribution < -0.4 is 15.6 Å². The van der Waals surface area contributed by atoms with Crippen LogP contribution in [0.2, 0.25) is 0 Å². The summed E-state index contributed by atoms with van der Waals surface area (Å²) < 4.78 is 37.8. The highest BCUT2D eigenvalue weighted by atomic mass is 32.2. The smallest absolute Gasteiger partial charge is 0.269 e. The van der Waals surface area contributed by atoms with Gasteiger partial charge < -0.3 is 9.47 Å². The van der Waals surface area contributed by atoms with Gasteiger partial charge in [-0.25, -0.2) is 8.42 Å². The average molecular weight is 448 g/mol. The van der Waals surface area contributed by atoms with Crippen LogP contribution in [0.1, 0.15) is 34.6 Å². The van der Waals surface area contributed by atoms with Crippen LogP contribution in [0.15, 0.2) is 53.4 Å². The standard InChI is InChI=1S/C21H25N3O6S/c1-14-12-24(13-15(2)30-14)31(27,28)19-10-6-17(7-11-19)21(26)23-22-20(25)16-4-8-18(29-3)9-5-16/h4-11,14-15H,12-13H2,1-3H3,(H,22,25)(H,23,26)/t14-,15-/m0/s1. The molecule has 1 heterocycles. The fourth-order valence-corrected chi connectivity index (χ4v) is 4.85. The van der Waals surface area contributed by atoms with E-state index in [2.05, 4.69) is 10.9 Å². The van der Waals surface area contributed by atoms with E-state index in [1.165, 1.54) is 35.7 Å². The SMILES string of the molecule is COc1ccc(C(=O)NNC(=O)c2ccc(S(=O)(=O)N3C[C@H](C)O[C@@H](C)C3)cc2)cc1. The van der Waals surface area contributed by atoms with E-state index in [4.69, 9.17) is 9.47 Å². The van der Waals surface area contributed by atoms with E-state index in [9.17, 15) is 18.0 Å². The molecule has 31 heavy (non-hydrogen) atoms. The Balaban J connectivity index is 1.62. The number of benzene rings is 2. The quantitative estimate of drug-likeness (QED) is 0.673. The van der Waals surface area contributed by atoms with E-state index < -0.39 is 21.8 Å². The maximum absolute atomic E-state index is 12.9. The van der Waals surface area contributed by atoms with Gasteiger partial charge in [0.1, 0.15) is 5.75 Å². The molecule has 0 aromatic heterocycles. The first-order valence-electron chi connectivity index (χ1n) is 9.71. The highest BCUT2D eigenvalue weighted by molar-refractivity contribution is 7.89. The van der Waals surface area contributed by atoms with Gasteiger partial charge in [-0.2, -0.15) is 4.31 Å². The number of methoxy groups -OCH3 is 1. The Labute approximate surface area is 181 Å². The third-order valence-corrected chi connectivity index (χ3v) is 6.63. The zero-order valence-electron chi connectivity index (χ0n) is 17.5. The summed E-state index contributed by atoms with van der Waals surface area (Å²) in [5, 5.41) is 0. The molecule has 2 aromatic rings. The number of hydrogen-bond donors (Lipinski definition) is 2. The van der Waals surface area contributed by atoms with Crippen LogP contribution in [-0.4, -0.2) is 56.9 Å². The van der Waals surface area contributed by atoms with Gasteiger partial charge in [-0.1, -0.05) is 0 Å². The molecular formula is C21H25N3O6S. The molecule has 0 bridgehead atoms. The molecule has 0 saturated carbocycles. The number of hydrogen-bond acceptors (Lipinski definition) is 6. The second-order valence-corrected chi connectivity index (χ2v) is 9.18. The molecule has 0 aliphatic carbocycles. The Bertz CT molecular complexity index is 1030. The lowest BCUT2D eigenvalue weighted by Gasteiger charge is -2.34. The zero-order valence-corrected chi connectivity index (χ0v) is 18.3. The van der Waals surface area contributed by atoms with Crippen molar-refractivity contribution in [2.45, 2.75) is 31.0 Å². The fourth-order valence-electron chi connectivity index (χ4n) is 3.25. The topological polar surface area (TPSA) is 114 Å². The minimum atomic E-state index is -3.70. The molecule has 9 nitrogen and oxygen atoms in total. The maximum Gasteiger partial charge on any atom is 0.269 e. The lowest BCUT2D eigenvalue weighted by atomic mass is 10.2. The van der Waals surface area contributed by atoms with Gasteiger partial charge in [-0.3, -0.25) is 20.4 Å². The third kappa shape index (κ3) is 5.40. The largest absolute Gasteiger partial charge is 0.497 e. The van der Waals surface area contributed by atoms with Crippen molar-refractivity contribution >= 4 is 21.8 Å². The number of nitrogens with zero attached hydrogens (tertiary/aromatic N) is 1. The molecular weight excluding hydrogens is 422 g/mol. The highest BCUT2D eigenvalue weighted by Gasteiger charge is 2.32. The fraction of sp³-hybridized carbons (Fsp3) is 0.333. The average Bonchev–Trinajstić information content (AvgIpc) is 2.76. The molecule has 0 unspecified atom stereocenters. The van der Waals surface area contributed by atoms with Crippen molar-refractivity contribution in [1.29, 1.82) is 0 Å². The van der Waals surface area contributed by atoms with Crippen molar-refractivity contribution in [2.75, 3.05) is 20.2 Å². The van der Waals surface area contributed by atoms with Crippen LogP contribution in [0.5, 0.6) is 5.75 Å². The van der Waals surface area contributed by atoms with Gasteiger partial charge in [-0.15, -0.1) is 0 Å². The molecule has 0 radical (unpaired) electrons. The summed E-state index contributed by atoms with van der Waals surface area (Å²) >= 11 is 0. The molecule has 0 spiro atoms. The summed E-state index contributed by atoms with van der Waals surface area (Å²) in [7, 11) is -2.17. The summed E-state index contributed by atoms with van der Waals surface area (Å²) in [5.74, 6) is -0.457. The number of morpholine rings is 1. The lowest BCUT2D eigenvalue weighted by molar-refractivity contribution is -0.0440.